The number of hydrogen-bond donors (Lipinski definition) is 1. The van der Waals surface area contributed by atoms with E-state index in [1.165, 1.54) is 16.7 Å². The highest BCUT2D eigenvalue weighted by Gasteiger charge is 2.07. The SMILES string of the molecule is Cc1ccccc1[C@@H](C)NCc1ccc(Br)c(Cl)c1. The molecule has 2 rings (SSSR count). The van der Waals surface area contributed by atoms with Crippen molar-refractivity contribution in [3.63, 3.8) is 0 Å². The number of rotatable bonds is 4. The Morgan fingerprint density at radius 1 is 1.21 bits per heavy atom. The molecular weight excluding hydrogens is 322 g/mol. The standard InChI is InChI=1S/C16H17BrClN/c1-11-5-3-4-6-14(11)12(2)19-10-13-7-8-15(17)16(18)9-13/h3-9,12,19H,10H2,1-2H3/t12-/m1/s1. The molecule has 1 N–H and O–H groups in total. The maximum absolute atomic E-state index is 6.10. The molecule has 0 amide bonds. The maximum Gasteiger partial charge on any atom is 0.0551 e. The third-order valence-corrected chi connectivity index (χ3v) is 4.48. The van der Waals surface area contributed by atoms with Crippen LogP contribution in [-0.2, 0) is 6.54 Å². The zero-order valence-corrected chi connectivity index (χ0v) is 13.4. The first-order valence-electron chi connectivity index (χ1n) is 6.31. The van der Waals surface area contributed by atoms with E-state index in [-0.39, 0.29) is 0 Å². The first kappa shape index (κ1) is 14.6. The van der Waals surface area contributed by atoms with Gasteiger partial charge in [0.25, 0.3) is 0 Å². The lowest BCUT2D eigenvalue weighted by Crippen LogP contribution is -2.18. The second kappa shape index (κ2) is 6.56. The Hall–Kier alpha value is -0.830. The summed E-state index contributed by atoms with van der Waals surface area (Å²) in [6.45, 7) is 5.13. The first-order chi connectivity index (χ1) is 9.08. The maximum atomic E-state index is 6.10. The Bertz CT molecular complexity index is 568. The number of nitrogens with one attached hydrogen (secondary N) is 1. The van der Waals surface area contributed by atoms with Gasteiger partial charge in [0.2, 0.25) is 0 Å². The van der Waals surface area contributed by atoms with Gasteiger partial charge in [0, 0.05) is 17.1 Å². The summed E-state index contributed by atoms with van der Waals surface area (Å²) in [5.41, 5.74) is 3.84. The van der Waals surface area contributed by atoms with Crippen LogP contribution in [0.2, 0.25) is 5.02 Å². The van der Waals surface area contributed by atoms with E-state index in [1.54, 1.807) is 0 Å². The fourth-order valence-corrected chi connectivity index (χ4v) is 2.55. The molecule has 1 atom stereocenters. The number of benzene rings is 2. The van der Waals surface area contributed by atoms with E-state index in [0.29, 0.717) is 6.04 Å². The smallest absolute Gasteiger partial charge is 0.0551 e. The molecule has 0 aliphatic rings. The summed E-state index contributed by atoms with van der Waals surface area (Å²) in [5, 5.41) is 4.28. The van der Waals surface area contributed by atoms with Gasteiger partial charge in [-0.3, -0.25) is 0 Å². The number of hydrogen-bond acceptors (Lipinski definition) is 1. The van der Waals surface area contributed by atoms with Crippen LogP contribution in [0.4, 0.5) is 0 Å². The number of halogens is 2. The van der Waals surface area contributed by atoms with Gasteiger partial charge < -0.3 is 5.32 Å². The molecule has 0 fully saturated rings. The largest absolute Gasteiger partial charge is 0.306 e. The van der Waals surface area contributed by atoms with Crippen molar-refractivity contribution >= 4 is 27.5 Å². The first-order valence-corrected chi connectivity index (χ1v) is 7.48. The lowest BCUT2D eigenvalue weighted by Gasteiger charge is -2.16. The topological polar surface area (TPSA) is 12.0 Å². The summed E-state index contributed by atoms with van der Waals surface area (Å²) in [7, 11) is 0. The summed E-state index contributed by atoms with van der Waals surface area (Å²) in [6, 6.07) is 14.8. The van der Waals surface area contributed by atoms with Crippen molar-refractivity contribution in [3.8, 4) is 0 Å². The Labute approximate surface area is 128 Å². The van der Waals surface area contributed by atoms with Crippen molar-refractivity contribution in [2.24, 2.45) is 0 Å². The summed E-state index contributed by atoms with van der Waals surface area (Å²) in [6.07, 6.45) is 0. The highest BCUT2D eigenvalue weighted by Crippen LogP contribution is 2.24. The molecule has 0 bridgehead atoms. The van der Waals surface area contributed by atoms with Crippen LogP contribution in [0, 0.1) is 6.92 Å². The molecule has 0 saturated heterocycles. The Morgan fingerprint density at radius 3 is 2.63 bits per heavy atom. The molecule has 0 saturated carbocycles. The van der Waals surface area contributed by atoms with Crippen molar-refractivity contribution in [2.45, 2.75) is 26.4 Å². The van der Waals surface area contributed by atoms with Crippen LogP contribution in [0.15, 0.2) is 46.9 Å². The van der Waals surface area contributed by atoms with Crippen LogP contribution in [0.1, 0.15) is 29.7 Å². The highest BCUT2D eigenvalue weighted by molar-refractivity contribution is 9.10. The summed E-state index contributed by atoms with van der Waals surface area (Å²) in [4.78, 5) is 0. The fourth-order valence-electron chi connectivity index (χ4n) is 2.10. The monoisotopic (exact) mass is 337 g/mol. The molecule has 2 aromatic rings. The van der Waals surface area contributed by atoms with E-state index in [2.05, 4.69) is 65.4 Å². The van der Waals surface area contributed by atoms with E-state index in [9.17, 15) is 0 Å². The van der Waals surface area contributed by atoms with Crippen molar-refractivity contribution in [2.75, 3.05) is 0 Å². The summed E-state index contributed by atoms with van der Waals surface area (Å²) < 4.78 is 0.935. The van der Waals surface area contributed by atoms with Gasteiger partial charge in [-0.05, 0) is 58.6 Å². The van der Waals surface area contributed by atoms with E-state index in [4.69, 9.17) is 11.6 Å². The van der Waals surface area contributed by atoms with Crippen LogP contribution in [0.25, 0.3) is 0 Å². The lowest BCUT2D eigenvalue weighted by molar-refractivity contribution is 0.572. The van der Waals surface area contributed by atoms with Gasteiger partial charge >= 0.3 is 0 Å². The minimum atomic E-state index is 0.323. The van der Waals surface area contributed by atoms with Gasteiger partial charge in [-0.1, -0.05) is 41.9 Å². The molecule has 0 aliphatic carbocycles. The number of aryl methyl sites for hydroxylation is 1. The summed E-state index contributed by atoms with van der Waals surface area (Å²) >= 11 is 9.50. The molecular formula is C16H17BrClN. The van der Waals surface area contributed by atoms with Crippen molar-refractivity contribution in [3.05, 3.63) is 68.7 Å². The molecule has 0 spiro atoms. The third-order valence-electron chi connectivity index (χ3n) is 3.25. The quantitative estimate of drug-likeness (QED) is 0.801. The van der Waals surface area contributed by atoms with Crippen LogP contribution < -0.4 is 5.32 Å². The van der Waals surface area contributed by atoms with E-state index in [0.717, 1.165) is 16.0 Å². The van der Waals surface area contributed by atoms with Gasteiger partial charge in [-0.15, -0.1) is 0 Å². The Balaban J connectivity index is 2.02. The lowest BCUT2D eigenvalue weighted by atomic mass is 10.0. The average molecular weight is 339 g/mol. The van der Waals surface area contributed by atoms with Gasteiger partial charge in [-0.25, -0.2) is 0 Å². The molecule has 0 heterocycles. The Morgan fingerprint density at radius 2 is 1.95 bits per heavy atom. The fraction of sp³-hybridized carbons (Fsp3) is 0.250. The third kappa shape index (κ3) is 3.82. The highest BCUT2D eigenvalue weighted by atomic mass is 79.9. The van der Waals surface area contributed by atoms with Crippen LogP contribution in [0.5, 0.6) is 0 Å². The van der Waals surface area contributed by atoms with Crippen molar-refractivity contribution in [1.29, 1.82) is 0 Å². The predicted octanol–water partition coefficient (Wildman–Crippen LogP) is 5.26. The molecule has 2 aromatic carbocycles. The van der Waals surface area contributed by atoms with E-state index < -0.39 is 0 Å². The molecule has 19 heavy (non-hydrogen) atoms. The zero-order valence-electron chi connectivity index (χ0n) is 11.1. The van der Waals surface area contributed by atoms with Crippen LogP contribution >= 0.6 is 27.5 Å². The van der Waals surface area contributed by atoms with Gasteiger partial charge in [-0.2, -0.15) is 0 Å². The normalized spacial score (nSPS) is 12.4. The van der Waals surface area contributed by atoms with Crippen molar-refractivity contribution < 1.29 is 0 Å². The second-order valence-corrected chi connectivity index (χ2v) is 5.97. The molecule has 100 valence electrons. The molecule has 3 heteroatoms. The molecule has 0 aliphatic heterocycles. The van der Waals surface area contributed by atoms with Gasteiger partial charge in [0.1, 0.15) is 0 Å². The van der Waals surface area contributed by atoms with Crippen LogP contribution in [0.3, 0.4) is 0 Å². The zero-order chi connectivity index (χ0) is 13.8. The molecule has 0 unspecified atom stereocenters. The summed E-state index contributed by atoms with van der Waals surface area (Å²) in [5.74, 6) is 0. The average Bonchev–Trinajstić information content (AvgIpc) is 2.40. The second-order valence-electron chi connectivity index (χ2n) is 4.71. The predicted molar refractivity (Wildman–Crippen MR) is 85.6 cm³/mol. The molecule has 0 aromatic heterocycles. The van der Waals surface area contributed by atoms with Crippen LogP contribution in [-0.4, -0.2) is 0 Å². The van der Waals surface area contributed by atoms with E-state index in [1.807, 2.05) is 12.1 Å². The molecule has 0 radical (unpaired) electrons. The minimum absolute atomic E-state index is 0.323. The van der Waals surface area contributed by atoms with Crippen molar-refractivity contribution in [1.82, 2.24) is 5.32 Å². The molecule has 1 nitrogen and oxygen atoms in total. The van der Waals surface area contributed by atoms with E-state index >= 15 is 0 Å². The minimum Gasteiger partial charge on any atom is -0.306 e. The Kier molecular flexibility index (Phi) is 5.03. The van der Waals surface area contributed by atoms with Gasteiger partial charge in [0.15, 0.2) is 0 Å². The van der Waals surface area contributed by atoms with Gasteiger partial charge in [0.05, 0.1) is 5.02 Å².